The maximum Gasteiger partial charge on any atom is 0.406 e. The highest BCUT2D eigenvalue weighted by atomic mass is 16.6. The lowest BCUT2D eigenvalue weighted by molar-refractivity contribution is -0.388. The molecule has 1 aliphatic rings. The largest absolute Gasteiger partial charge is 0.406 e. The third-order valence-electron chi connectivity index (χ3n) is 3.81. The van der Waals surface area contributed by atoms with Crippen molar-refractivity contribution >= 4 is 11.6 Å². The highest BCUT2D eigenvalue weighted by molar-refractivity contribution is 5.56. The summed E-state index contributed by atoms with van der Waals surface area (Å²) in [6.45, 7) is 2.65. The van der Waals surface area contributed by atoms with Crippen molar-refractivity contribution in [3.8, 4) is 0 Å². The molecule has 2 heterocycles. The number of rotatable bonds is 4. The minimum atomic E-state index is -0.424. The minimum absolute atomic E-state index is 0.0789. The lowest BCUT2D eigenvalue weighted by atomic mass is 10.00. The van der Waals surface area contributed by atoms with Crippen LogP contribution in [0.4, 0.5) is 11.6 Å². The van der Waals surface area contributed by atoms with Crippen molar-refractivity contribution in [1.29, 1.82) is 0 Å². The molecule has 0 spiro atoms. The second kappa shape index (κ2) is 5.56. The summed E-state index contributed by atoms with van der Waals surface area (Å²) in [6, 6.07) is 0.159. The molecule has 1 atom stereocenters. The first-order valence-electron chi connectivity index (χ1n) is 6.61. The topological polar surface area (TPSA) is 84.4 Å². The molecular formula is C12H20N4O3. The van der Waals surface area contributed by atoms with Crippen LogP contribution in [0.15, 0.2) is 0 Å². The number of aliphatic hydroxyl groups is 1. The number of hydrogen-bond donors (Lipinski definition) is 1. The van der Waals surface area contributed by atoms with E-state index < -0.39 is 4.92 Å². The van der Waals surface area contributed by atoms with Crippen LogP contribution in [0.25, 0.3) is 0 Å². The molecule has 0 aromatic carbocycles. The van der Waals surface area contributed by atoms with Gasteiger partial charge in [-0.05, 0) is 35.6 Å². The van der Waals surface area contributed by atoms with Crippen LogP contribution in [-0.4, -0.2) is 38.8 Å². The molecule has 1 aliphatic heterocycles. The molecule has 1 aromatic rings. The zero-order chi connectivity index (χ0) is 14.0. The van der Waals surface area contributed by atoms with Crippen LogP contribution in [-0.2, 0) is 7.05 Å². The molecule has 106 valence electrons. The van der Waals surface area contributed by atoms with Crippen molar-refractivity contribution < 1.29 is 10.0 Å². The average Bonchev–Trinajstić information content (AvgIpc) is 2.68. The second-order valence-corrected chi connectivity index (χ2v) is 4.98. The van der Waals surface area contributed by atoms with Gasteiger partial charge >= 0.3 is 5.82 Å². The van der Waals surface area contributed by atoms with E-state index in [4.69, 9.17) is 5.11 Å². The van der Waals surface area contributed by atoms with Crippen LogP contribution in [0.1, 0.15) is 31.5 Å². The first kappa shape index (κ1) is 13.8. The number of nitro groups is 1. The van der Waals surface area contributed by atoms with Crippen molar-refractivity contribution in [2.75, 3.05) is 18.1 Å². The van der Waals surface area contributed by atoms with Crippen molar-refractivity contribution in [1.82, 2.24) is 9.55 Å². The average molecular weight is 268 g/mol. The molecule has 1 unspecified atom stereocenters. The number of piperidine rings is 1. The molecule has 1 fully saturated rings. The minimum Gasteiger partial charge on any atom is -0.396 e. The van der Waals surface area contributed by atoms with Crippen molar-refractivity contribution in [2.24, 2.45) is 7.05 Å². The van der Waals surface area contributed by atoms with Gasteiger partial charge in [0.2, 0.25) is 11.6 Å². The molecule has 0 aliphatic carbocycles. The van der Waals surface area contributed by atoms with Crippen LogP contribution >= 0.6 is 0 Å². The van der Waals surface area contributed by atoms with Crippen LogP contribution in [0.2, 0.25) is 0 Å². The summed E-state index contributed by atoms with van der Waals surface area (Å²) in [6.07, 6.45) is 3.72. The SMILES string of the molecule is Cc1nc([N+](=O)[O-])c(N2CCCCC2CCO)n1C. The van der Waals surface area contributed by atoms with Crippen LogP contribution in [0.5, 0.6) is 0 Å². The number of aryl methyl sites for hydroxylation is 1. The van der Waals surface area contributed by atoms with E-state index >= 15 is 0 Å². The van der Waals surface area contributed by atoms with Crippen molar-refractivity contribution in [3.05, 3.63) is 15.9 Å². The van der Waals surface area contributed by atoms with Gasteiger partial charge in [-0.25, -0.2) is 0 Å². The Morgan fingerprint density at radius 1 is 1.53 bits per heavy atom. The summed E-state index contributed by atoms with van der Waals surface area (Å²) in [5.74, 6) is 1.13. The first-order valence-corrected chi connectivity index (χ1v) is 6.61. The van der Waals surface area contributed by atoms with E-state index in [1.165, 1.54) is 0 Å². The van der Waals surface area contributed by atoms with E-state index in [9.17, 15) is 10.1 Å². The van der Waals surface area contributed by atoms with E-state index in [0.29, 0.717) is 18.1 Å². The van der Waals surface area contributed by atoms with E-state index in [2.05, 4.69) is 4.98 Å². The monoisotopic (exact) mass is 268 g/mol. The number of imidazole rings is 1. The zero-order valence-corrected chi connectivity index (χ0v) is 11.4. The summed E-state index contributed by atoms with van der Waals surface area (Å²) in [5, 5.41) is 20.3. The smallest absolute Gasteiger partial charge is 0.396 e. The van der Waals surface area contributed by atoms with Crippen LogP contribution in [0, 0.1) is 17.0 Å². The van der Waals surface area contributed by atoms with Crippen molar-refractivity contribution in [2.45, 2.75) is 38.6 Å². The molecular weight excluding hydrogens is 248 g/mol. The number of nitrogens with zero attached hydrogens (tertiary/aromatic N) is 4. The lowest BCUT2D eigenvalue weighted by Gasteiger charge is -2.36. The van der Waals surface area contributed by atoms with Gasteiger partial charge in [-0.15, -0.1) is 0 Å². The Morgan fingerprint density at radius 2 is 2.26 bits per heavy atom. The Kier molecular flexibility index (Phi) is 4.04. The van der Waals surface area contributed by atoms with Gasteiger partial charge in [-0.2, -0.15) is 0 Å². The molecule has 0 radical (unpaired) electrons. The van der Waals surface area contributed by atoms with Crippen molar-refractivity contribution in [3.63, 3.8) is 0 Å². The molecule has 0 amide bonds. The van der Waals surface area contributed by atoms with E-state index in [1.54, 1.807) is 18.5 Å². The predicted octanol–water partition coefficient (Wildman–Crippen LogP) is 1.38. The number of aromatic nitrogens is 2. The fourth-order valence-electron chi connectivity index (χ4n) is 2.75. The molecule has 2 rings (SSSR count). The van der Waals surface area contributed by atoms with Gasteiger partial charge in [0.05, 0.1) is 0 Å². The van der Waals surface area contributed by atoms with E-state index in [1.807, 2.05) is 4.90 Å². The Labute approximate surface area is 112 Å². The Bertz CT molecular complexity index is 470. The highest BCUT2D eigenvalue weighted by Gasteiger charge is 2.33. The Balaban J connectivity index is 2.40. The number of aliphatic hydroxyl groups excluding tert-OH is 1. The lowest BCUT2D eigenvalue weighted by Crippen LogP contribution is -2.41. The summed E-state index contributed by atoms with van der Waals surface area (Å²) in [5.41, 5.74) is 0. The molecule has 0 bridgehead atoms. The van der Waals surface area contributed by atoms with Gasteiger partial charge in [0.15, 0.2) is 0 Å². The zero-order valence-electron chi connectivity index (χ0n) is 11.4. The molecule has 19 heavy (non-hydrogen) atoms. The van der Waals surface area contributed by atoms with Gasteiger partial charge in [-0.1, -0.05) is 0 Å². The summed E-state index contributed by atoms with van der Waals surface area (Å²) in [7, 11) is 1.80. The third kappa shape index (κ3) is 2.56. The molecule has 1 saturated heterocycles. The van der Waals surface area contributed by atoms with Gasteiger partial charge in [0.1, 0.15) is 0 Å². The van der Waals surface area contributed by atoms with Crippen LogP contribution < -0.4 is 4.90 Å². The van der Waals surface area contributed by atoms with Gasteiger partial charge < -0.3 is 20.1 Å². The second-order valence-electron chi connectivity index (χ2n) is 4.98. The summed E-state index contributed by atoms with van der Waals surface area (Å²) in [4.78, 5) is 16.8. The molecule has 0 saturated carbocycles. The van der Waals surface area contributed by atoms with E-state index in [0.717, 1.165) is 25.8 Å². The highest BCUT2D eigenvalue weighted by Crippen LogP contribution is 2.33. The number of anilines is 1. The molecule has 1 N–H and O–H groups in total. The normalized spacial score (nSPS) is 19.7. The number of hydrogen-bond acceptors (Lipinski definition) is 5. The fourth-order valence-corrected chi connectivity index (χ4v) is 2.75. The Hall–Kier alpha value is -1.63. The Morgan fingerprint density at radius 3 is 2.89 bits per heavy atom. The molecule has 7 heteroatoms. The summed E-state index contributed by atoms with van der Waals surface area (Å²) < 4.78 is 1.77. The maximum absolute atomic E-state index is 11.1. The van der Waals surface area contributed by atoms with Gasteiger partial charge in [-0.3, -0.25) is 4.57 Å². The maximum atomic E-state index is 11.1. The standard InChI is InChI=1S/C12H20N4O3/c1-9-13-11(16(18)19)12(14(9)2)15-7-4-3-5-10(15)6-8-17/h10,17H,3-8H2,1-2H3. The summed E-state index contributed by atoms with van der Waals surface area (Å²) >= 11 is 0. The predicted molar refractivity (Wildman–Crippen MR) is 71.3 cm³/mol. The first-order chi connectivity index (χ1) is 9.06. The van der Waals surface area contributed by atoms with Crippen LogP contribution in [0.3, 0.4) is 0 Å². The molecule has 7 nitrogen and oxygen atoms in total. The third-order valence-corrected chi connectivity index (χ3v) is 3.81. The van der Waals surface area contributed by atoms with E-state index in [-0.39, 0.29) is 18.5 Å². The quantitative estimate of drug-likeness (QED) is 0.658. The fraction of sp³-hybridized carbons (Fsp3) is 0.750. The van der Waals surface area contributed by atoms with Gasteiger partial charge in [0.25, 0.3) is 0 Å². The van der Waals surface area contributed by atoms with Gasteiger partial charge in [0, 0.05) is 33.2 Å². The molecule has 1 aromatic heterocycles.